The molecule has 0 aliphatic heterocycles. The summed E-state index contributed by atoms with van der Waals surface area (Å²) in [5.41, 5.74) is 7.88. The van der Waals surface area contributed by atoms with Crippen molar-refractivity contribution in [2.24, 2.45) is 12.8 Å². The highest BCUT2D eigenvalue weighted by Gasteiger charge is 2.14. The molecule has 80 valence electrons. The second-order valence-electron chi connectivity index (χ2n) is 3.77. The lowest BCUT2D eigenvalue weighted by Crippen LogP contribution is -2.15. The lowest BCUT2D eigenvalue weighted by molar-refractivity contribution is 0.583. The average Bonchev–Trinajstić information content (AvgIpc) is 2.57. The van der Waals surface area contributed by atoms with Crippen molar-refractivity contribution in [3.63, 3.8) is 0 Å². The summed E-state index contributed by atoms with van der Waals surface area (Å²) in [5, 5.41) is 0. The molecule has 2 aromatic rings. The number of hydrogen-bond donors (Lipinski definition) is 1. The number of rotatable bonds is 3. The van der Waals surface area contributed by atoms with Gasteiger partial charge in [-0.15, -0.1) is 0 Å². The number of imidazole rings is 1. The predicted octanol–water partition coefficient (Wildman–Crippen LogP) is 1.77. The number of nitrogens with zero attached hydrogens (tertiary/aromatic N) is 3. The van der Waals surface area contributed by atoms with Gasteiger partial charge in [0.15, 0.2) is 5.65 Å². The molecular weight excluding hydrogens is 188 g/mol. The van der Waals surface area contributed by atoms with Crippen LogP contribution in [0.15, 0.2) is 18.3 Å². The van der Waals surface area contributed by atoms with Crippen LogP contribution in [-0.2, 0) is 7.05 Å². The Bertz CT molecular complexity index is 461. The summed E-state index contributed by atoms with van der Waals surface area (Å²) in [4.78, 5) is 8.80. The molecule has 4 heteroatoms. The van der Waals surface area contributed by atoms with Crippen molar-refractivity contribution < 1.29 is 0 Å². The van der Waals surface area contributed by atoms with Crippen LogP contribution in [0.25, 0.3) is 11.2 Å². The lowest BCUT2D eigenvalue weighted by Gasteiger charge is -2.09. The fourth-order valence-electron chi connectivity index (χ4n) is 1.81. The van der Waals surface area contributed by atoms with E-state index in [9.17, 15) is 0 Å². The van der Waals surface area contributed by atoms with E-state index in [2.05, 4.69) is 16.9 Å². The van der Waals surface area contributed by atoms with Crippen molar-refractivity contribution in [3.05, 3.63) is 24.2 Å². The molecule has 4 nitrogen and oxygen atoms in total. The molecule has 0 saturated heterocycles. The molecule has 0 fully saturated rings. The van der Waals surface area contributed by atoms with E-state index in [4.69, 9.17) is 5.73 Å². The van der Waals surface area contributed by atoms with Gasteiger partial charge in [0.05, 0.1) is 6.04 Å². The average molecular weight is 204 g/mol. The first-order valence-electron chi connectivity index (χ1n) is 5.27. The topological polar surface area (TPSA) is 56.7 Å². The van der Waals surface area contributed by atoms with Crippen LogP contribution in [0, 0.1) is 0 Å². The van der Waals surface area contributed by atoms with E-state index in [1.165, 1.54) is 0 Å². The van der Waals surface area contributed by atoms with Crippen LogP contribution < -0.4 is 5.73 Å². The van der Waals surface area contributed by atoms with Crippen molar-refractivity contribution in [3.8, 4) is 0 Å². The minimum absolute atomic E-state index is 0.00852. The Kier molecular flexibility index (Phi) is 2.68. The molecule has 0 aromatic carbocycles. The number of nitrogens with two attached hydrogens (primary N) is 1. The van der Waals surface area contributed by atoms with Gasteiger partial charge >= 0.3 is 0 Å². The van der Waals surface area contributed by atoms with Crippen molar-refractivity contribution in [1.29, 1.82) is 0 Å². The Morgan fingerprint density at radius 3 is 3.00 bits per heavy atom. The molecular formula is C11H16N4. The summed E-state index contributed by atoms with van der Waals surface area (Å²) in [6.45, 7) is 2.13. The van der Waals surface area contributed by atoms with Crippen LogP contribution in [0.3, 0.4) is 0 Å². The summed E-state index contributed by atoms with van der Waals surface area (Å²) in [5.74, 6) is 0.922. The third-order valence-electron chi connectivity index (χ3n) is 2.59. The molecule has 0 aliphatic carbocycles. The zero-order valence-corrected chi connectivity index (χ0v) is 9.14. The molecule has 2 rings (SSSR count). The lowest BCUT2D eigenvalue weighted by atomic mass is 10.2. The smallest absolute Gasteiger partial charge is 0.159 e. The van der Waals surface area contributed by atoms with E-state index in [0.717, 1.165) is 29.8 Å². The summed E-state index contributed by atoms with van der Waals surface area (Å²) >= 11 is 0. The maximum absolute atomic E-state index is 6.06. The second kappa shape index (κ2) is 3.98. The summed E-state index contributed by atoms with van der Waals surface area (Å²) in [6.07, 6.45) is 3.80. The Morgan fingerprint density at radius 1 is 1.53 bits per heavy atom. The highest BCUT2D eigenvalue weighted by Crippen LogP contribution is 2.18. The zero-order valence-electron chi connectivity index (χ0n) is 9.14. The Balaban J connectivity index is 2.48. The molecule has 1 atom stereocenters. The first-order chi connectivity index (χ1) is 7.24. The van der Waals surface area contributed by atoms with Gasteiger partial charge in [-0.25, -0.2) is 9.97 Å². The van der Waals surface area contributed by atoms with E-state index < -0.39 is 0 Å². The first-order valence-corrected chi connectivity index (χ1v) is 5.27. The van der Waals surface area contributed by atoms with Crippen LogP contribution >= 0.6 is 0 Å². The van der Waals surface area contributed by atoms with Crippen LogP contribution in [-0.4, -0.2) is 14.5 Å². The minimum Gasteiger partial charge on any atom is -0.321 e. The van der Waals surface area contributed by atoms with Gasteiger partial charge in [-0.3, -0.25) is 0 Å². The van der Waals surface area contributed by atoms with Crippen molar-refractivity contribution in [1.82, 2.24) is 14.5 Å². The fraction of sp³-hybridized carbons (Fsp3) is 0.455. The van der Waals surface area contributed by atoms with Gasteiger partial charge in [-0.1, -0.05) is 13.3 Å². The molecule has 2 N–H and O–H groups in total. The number of pyridine rings is 1. The molecule has 0 aliphatic rings. The quantitative estimate of drug-likeness (QED) is 0.829. The van der Waals surface area contributed by atoms with Crippen molar-refractivity contribution in [2.45, 2.75) is 25.8 Å². The normalized spacial score (nSPS) is 13.3. The third-order valence-corrected chi connectivity index (χ3v) is 2.59. The maximum atomic E-state index is 6.06. The largest absolute Gasteiger partial charge is 0.321 e. The molecule has 1 unspecified atom stereocenters. The summed E-state index contributed by atoms with van der Waals surface area (Å²) in [6, 6.07) is 3.86. The molecule has 0 bridgehead atoms. The summed E-state index contributed by atoms with van der Waals surface area (Å²) < 4.78 is 1.98. The molecule has 2 aromatic heterocycles. The van der Waals surface area contributed by atoms with Gasteiger partial charge in [0.1, 0.15) is 11.3 Å². The SMILES string of the molecule is CCCC(N)c1nc2cccnc2n1C. The molecule has 15 heavy (non-hydrogen) atoms. The first kappa shape index (κ1) is 10.1. The molecule has 0 amide bonds. The predicted molar refractivity (Wildman–Crippen MR) is 60.3 cm³/mol. The van der Waals surface area contributed by atoms with Crippen molar-refractivity contribution >= 4 is 11.2 Å². The monoisotopic (exact) mass is 204 g/mol. The van der Waals surface area contributed by atoms with Crippen LogP contribution in [0.4, 0.5) is 0 Å². The molecule has 2 heterocycles. The fourth-order valence-corrected chi connectivity index (χ4v) is 1.81. The Labute approximate surface area is 89.1 Å². The van der Waals surface area contributed by atoms with E-state index in [0.29, 0.717) is 0 Å². The molecule has 0 saturated carbocycles. The van der Waals surface area contributed by atoms with E-state index in [-0.39, 0.29) is 6.04 Å². The molecule has 0 radical (unpaired) electrons. The number of aromatic nitrogens is 3. The molecule has 0 spiro atoms. The van der Waals surface area contributed by atoms with Crippen LogP contribution in [0.2, 0.25) is 0 Å². The number of aryl methyl sites for hydroxylation is 1. The van der Waals surface area contributed by atoms with Gasteiger partial charge in [-0.2, -0.15) is 0 Å². The number of hydrogen-bond acceptors (Lipinski definition) is 3. The highest BCUT2D eigenvalue weighted by atomic mass is 15.1. The maximum Gasteiger partial charge on any atom is 0.159 e. The second-order valence-corrected chi connectivity index (χ2v) is 3.77. The standard InChI is InChI=1S/C11H16N4/c1-3-5-8(12)10-14-9-6-4-7-13-11(9)15(10)2/h4,6-8H,3,5,12H2,1-2H3. The van der Waals surface area contributed by atoms with E-state index in [1.807, 2.05) is 23.7 Å². The third kappa shape index (κ3) is 1.72. The summed E-state index contributed by atoms with van der Waals surface area (Å²) in [7, 11) is 1.97. The van der Waals surface area contributed by atoms with Gasteiger partial charge in [0, 0.05) is 13.2 Å². The van der Waals surface area contributed by atoms with Gasteiger partial charge in [0.25, 0.3) is 0 Å². The van der Waals surface area contributed by atoms with E-state index in [1.54, 1.807) is 6.20 Å². The highest BCUT2D eigenvalue weighted by molar-refractivity contribution is 5.71. The Morgan fingerprint density at radius 2 is 2.33 bits per heavy atom. The van der Waals surface area contributed by atoms with E-state index >= 15 is 0 Å². The van der Waals surface area contributed by atoms with Gasteiger partial charge in [0.2, 0.25) is 0 Å². The minimum atomic E-state index is 0.00852. The van der Waals surface area contributed by atoms with Gasteiger partial charge in [-0.05, 0) is 18.6 Å². The van der Waals surface area contributed by atoms with Crippen LogP contribution in [0.5, 0.6) is 0 Å². The van der Waals surface area contributed by atoms with Gasteiger partial charge < -0.3 is 10.3 Å². The Hall–Kier alpha value is -1.42. The number of fused-ring (bicyclic) bond motifs is 1. The zero-order chi connectivity index (χ0) is 10.8. The van der Waals surface area contributed by atoms with Crippen LogP contribution in [0.1, 0.15) is 31.6 Å². The van der Waals surface area contributed by atoms with Crippen molar-refractivity contribution in [2.75, 3.05) is 0 Å².